The van der Waals surface area contributed by atoms with Crippen LogP contribution < -0.4 is 5.32 Å². The molecule has 122 valence electrons. The van der Waals surface area contributed by atoms with E-state index in [4.69, 9.17) is 0 Å². The van der Waals surface area contributed by atoms with Crippen molar-refractivity contribution < 1.29 is 9.59 Å². The number of carbonyl (C=O) groups excluding carboxylic acids is 2. The molecule has 0 saturated heterocycles. The Balaban J connectivity index is 2.19. The van der Waals surface area contributed by atoms with Crippen LogP contribution in [0.1, 0.15) is 25.0 Å². The van der Waals surface area contributed by atoms with Crippen LogP contribution in [0.15, 0.2) is 65.8 Å². The molecule has 0 aliphatic carbocycles. The van der Waals surface area contributed by atoms with Gasteiger partial charge in [0.05, 0.1) is 0 Å². The monoisotopic (exact) mass is 339 g/mol. The highest BCUT2D eigenvalue weighted by Crippen LogP contribution is 2.50. The van der Waals surface area contributed by atoms with Gasteiger partial charge in [-0.3, -0.25) is 9.59 Å². The zero-order chi connectivity index (χ0) is 17.2. The normalized spacial score (nSPS) is 15.8. The summed E-state index contributed by atoms with van der Waals surface area (Å²) in [6.07, 6.45) is 0. The number of hydrazone groups is 1. The number of hydrogen-bond donors (Lipinski definition) is 1. The molecule has 0 saturated carbocycles. The summed E-state index contributed by atoms with van der Waals surface area (Å²) in [5.74, 6) is -0.419. The first-order valence-corrected chi connectivity index (χ1v) is 8.33. The second kappa shape index (κ2) is 6.49. The molecule has 1 aliphatic heterocycles. The third-order valence-electron chi connectivity index (χ3n) is 3.64. The molecule has 0 bridgehead atoms. The molecule has 3 rings (SSSR count). The zero-order valence-electron chi connectivity index (χ0n) is 13.4. The minimum atomic E-state index is -0.841. The van der Waals surface area contributed by atoms with E-state index in [1.807, 2.05) is 60.7 Å². The van der Waals surface area contributed by atoms with Crippen LogP contribution in [0.25, 0.3) is 0 Å². The molecule has 0 atom stereocenters. The average molecular weight is 339 g/mol. The number of carbonyl (C=O) groups is 2. The Hall–Kier alpha value is -2.60. The Morgan fingerprint density at radius 1 is 0.958 bits per heavy atom. The Bertz CT molecular complexity index is 751. The van der Waals surface area contributed by atoms with Crippen LogP contribution >= 0.6 is 11.8 Å². The van der Waals surface area contributed by atoms with Gasteiger partial charge >= 0.3 is 0 Å². The van der Waals surface area contributed by atoms with Crippen LogP contribution in [0.2, 0.25) is 0 Å². The van der Waals surface area contributed by atoms with Crippen molar-refractivity contribution in [2.45, 2.75) is 18.7 Å². The lowest BCUT2D eigenvalue weighted by atomic mass is 9.97. The fraction of sp³-hybridized carbons (Fsp3) is 0.167. The van der Waals surface area contributed by atoms with Crippen molar-refractivity contribution in [3.63, 3.8) is 0 Å². The van der Waals surface area contributed by atoms with Crippen LogP contribution in [0.3, 0.4) is 0 Å². The second-order valence-corrected chi connectivity index (χ2v) is 6.58. The summed E-state index contributed by atoms with van der Waals surface area (Å²) in [6, 6.07) is 19.4. The smallest absolute Gasteiger partial charge is 0.241 e. The molecule has 5 nitrogen and oxygen atoms in total. The van der Waals surface area contributed by atoms with Crippen molar-refractivity contribution in [3.8, 4) is 0 Å². The standard InChI is InChI=1S/C18H17N3O2S/c1-13(22)19-17-20-21(14(2)23)18(24-17,15-9-5-3-6-10-15)16-11-7-4-8-12-16/h3-12H,1-2H3,(H,19,20,22). The maximum atomic E-state index is 12.3. The number of nitrogens with one attached hydrogen (secondary N) is 1. The van der Waals surface area contributed by atoms with Crippen LogP contribution in [-0.4, -0.2) is 22.0 Å². The van der Waals surface area contributed by atoms with E-state index in [1.165, 1.54) is 30.6 Å². The van der Waals surface area contributed by atoms with Crippen LogP contribution in [-0.2, 0) is 14.5 Å². The molecule has 2 amide bonds. The molecule has 2 aromatic carbocycles. The van der Waals surface area contributed by atoms with Crippen molar-refractivity contribution in [1.29, 1.82) is 0 Å². The van der Waals surface area contributed by atoms with E-state index in [2.05, 4.69) is 10.4 Å². The molecular weight excluding hydrogens is 322 g/mol. The highest BCUT2D eigenvalue weighted by molar-refractivity contribution is 8.15. The highest BCUT2D eigenvalue weighted by atomic mass is 32.2. The van der Waals surface area contributed by atoms with Gasteiger partial charge in [0.15, 0.2) is 10.0 Å². The first-order chi connectivity index (χ1) is 11.5. The molecule has 1 aliphatic rings. The molecule has 0 spiro atoms. The summed E-state index contributed by atoms with van der Waals surface area (Å²) in [6.45, 7) is 2.90. The van der Waals surface area contributed by atoms with Gasteiger partial charge in [0.25, 0.3) is 0 Å². The lowest BCUT2D eigenvalue weighted by Gasteiger charge is -2.35. The van der Waals surface area contributed by atoms with E-state index in [0.717, 1.165) is 11.1 Å². The Kier molecular flexibility index (Phi) is 4.40. The largest absolute Gasteiger partial charge is 0.304 e. The summed E-state index contributed by atoms with van der Waals surface area (Å²) in [5, 5.41) is 8.91. The third-order valence-corrected chi connectivity index (χ3v) is 4.96. The molecule has 24 heavy (non-hydrogen) atoms. The van der Waals surface area contributed by atoms with Gasteiger partial charge in [-0.05, 0) is 22.9 Å². The van der Waals surface area contributed by atoms with Gasteiger partial charge in [-0.1, -0.05) is 60.7 Å². The number of nitrogens with zero attached hydrogens (tertiary/aromatic N) is 2. The first-order valence-electron chi connectivity index (χ1n) is 7.51. The SMILES string of the molecule is CC(=O)NC1=NN(C(C)=O)C(c2ccccc2)(c2ccccc2)S1. The third kappa shape index (κ3) is 2.80. The molecular formula is C18H17N3O2S. The first kappa shape index (κ1) is 16.3. The topological polar surface area (TPSA) is 61.8 Å². The van der Waals surface area contributed by atoms with Crippen molar-refractivity contribution in [3.05, 3.63) is 71.8 Å². The summed E-state index contributed by atoms with van der Waals surface area (Å²) in [5.41, 5.74) is 1.83. The maximum Gasteiger partial charge on any atom is 0.241 e. The van der Waals surface area contributed by atoms with E-state index < -0.39 is 4.87 Å². The minimum Gasteiger partial charge on any atom is -0.304 e. The van der Waals surface area contributed by atoms with E-state index in [-0.39, 0.29) is 11.8 Å². The molecule has 0 aromatic heterocycles. The predicted octanol–water partition coefficient (Wildman–Crippen LogP) is 2.89. The summed E-state index contributed by atoms with van der Waals surface area (Å²) in [4.78, 5) is 22.9. The number of benzene rings is 2. The molecule has 0 fully saturated rings. The molecule has 0 radical (unpaired) electrons. The quantitative estimate of drug-likeness (QED) is 0.915. The van der Waals surface area contributed by atoms with Gasteiger partial charge in [0.2, 0.25) is 11.8 Å². The second-order valence-electron chi connectivity index (χ2n) is 5.40. The fourth-order valence-corrected chi connectivity index (χ4v) is 4.08. The Morgan fingerprint density at radius 3 is 1.88 bits per heavy atom. The van der Waals surface area contributed by atoms with Gasteiger partial charge in [-0.25, -0.2) is 5.01 Å². The Morgan fingerprint density at radius 2 is 1.46 bits per heavy atom. The van der Waals surface area contributed by atoms with Gasteiger partial charge in [-0.2, -0.15) is 0 Å². The summed E-state index contributed by atoms with van der Waals surface area (Å²) < 4.78 is 0. The van der Waals surface area contributed by atoms with Crippen molar-refractivity contribution in [2.75, 3.05) is 0 Å². The number of hydrogen-bond acceptors (Lipinski definition) is 4. The maximum absolute atomic E-state index is 12.3. The minimum absolute atomic E-state index is 0.199. The van der Waals surface area contributed by atoms with Crippen LogP contribution in [0, 0.1) is 0 Å². The molecule has 6 heteroatoms. The Labute approximate surface area is 144 Å². The molecule has 1 heterocycles. The lowest BCUT2D eigenvalue weighted by molar-refractivity contribution is -0.131. The van der Waals surface area contributed by atoms with Gasteiger partial charge in [0, 0.05) is 13.8 Å². The number of amides is 2. The molecule has 2 aromatic rings. The molecule has 1 N–H and O–H groups in total. The fourth-order valence-electron chi connectivity index (χ4n) is 2.72. The van der Waals surface area contributed by atoms with Gasteiger partial charge < -0.3 is 5.32 Å². The van der Waals surface area contributed by atoms with Crippen molar-refractivity contribution >= 4 is 28.7 Å². The number of amidine groups is 1. The number of thioether (sulfide) groups is 1. The highest BCUT2D eigenvalue weighted by Gasteiger charge is 2.49. The zero-order valence-corrected chi connectivity index (χ0v) is 14.2. The number of rotatable bonds is 2. The van der Waals surface area contributed by atoms with Gasteiger partial charge in [-0.15, -0.1) is 5.10 Å². The van der Waals surface area contributed by atoms with Crippen molar-refractivity contribution in [1.82, 2.24) is 10.3 Å². The van der Waals surface area contributed by atoms with Crippen LogP contribution in [0.4, 0.5) is 0 Å². The van der Waals surface area contributed by atoms with E-state index in [9.17, 15) is 9.59 Å². The average Bonchev–Trinajstić information content (AvgIpc) is 2.96. The van der Waals surface area contributed by atoms with Gasteiger partial charge in [0.1, 0.15) is 0 Å². The summed E-state index contributed by atoms with van der Waals surface area (Å²) in [7, 11) is 0. The molecule has 0 unspecified atom stereocenters. The predicted molar refractivity (Wildman–Crippen MR) is 95.0 cm³/mol. The van der Waals surface area contributed by atoms with Crippen LogP contribution in [0.5, 0.6) is 0 Å². The summed E-state index contributed by atoms with van der Waals surface area (Å²) >= 11 is 1.35. The van der Waals surface area contributed by atoms with E-state index in [1.54, 1.807) is 0 Å². The van der Waals surface area contributed by atoms with Crippen molar-refractivity contribution in [2.24, 2.45) is 5.10 Å². The lowest BCUT2D eigenvalue weighted by Crippen LogP contribution is -2.41. The van der Waals surface area contributed by atoms with E-state index in [0.29, 0.717) is 5.17 Å². The van der Waals surface area contributed by atoms with E-state index >= 15 is 0 Å².